The van der Waals surface area contributed by atoms with Crippen LogP contribution in [0.3, 0.4) is 0 Å². The molecule has 1 rings (SSSR count). The predicted octanol–water partition coefficient (Wildman–Crippen LogP) is 3.15. The molecule has 19 heavy (non-hydrogen) atoms. The molecule has 1 atom stereocenters. The summed E-state index contributed by atoms with van der Waals surface area (Å²) in [6, 6.07) is -0.0406. The van der Waals surface area contributed by atoms with Crippen molar-refractivity contribution >= 4 is 14.2 Å². The van der Waals surface area contributed by atoms with Gasteiger partial charge in [-0.1, -0.05) is 19.6 Å². The Labute approximate surface area is 117 Å². The van der Waals surface area contributed by atoms with E-state index in [0.717, 1.165) is 19.3 Å². The maximum absolute atomic E-state index is 11.3. The molecular weight excluding hydrogens is 258 g/mol. The average Bonchev–Trinajstić information content (AvgIpc) is 2.51. The molecule has 1 heterocycles. The smallest absolute Gasteiger partial charge is 0.409 e. The molecule has 0 bridgehead atoms. The van der Waals surface area contributed by atoms with Crippen molar-refractivity contribution in [2.45, 2.75) is 64.5 Å². The molecule has 1 fully saturated rings. The Kier molecular flexibility index (Phi) is 5.05. The van der Waals surface area contributed by atoms with Gasteiger partial charge in [-0.3, -0.25) is 4.90 Å². The fourth-order valence-corrected chi connectivity index (χ4v) is 2.89. The van der Waals surface area contributed by atoms with Gasteiger partial charge >= 0.3 is 6.09 Å². The molecule has 0 radical (unpaired) electrons. The molecule has 1 amide bonds. The lowest BCUT2D eigenvalue weighted by Crippen LogP contribution is -2.47. The molecule has 0 aliphatic carbocycles. The number of hydrogen-bond donors (Lipinski definition) is 1. The molecular formula is C14H25NO3Si. The van der Waals surface area contributed by atoms with Crippen molar-refractivity contribution in [1.82, 2.24) is 4.90 Å². The zero-order valence-electron chi connectivity index (χ0n) is 12.6. The number of amides is 1. The first-order valence-corrected chi connectivity index (χ1v) is 10.3. The van der Waals surface area contributed by atoms with E-state index in [0.29, 0.717) is 6.61 Å². The van der Waals surface area contributed by atoms with E-state index < -0.39 is 19.9 Å². The number of carboxylic acid groups (broad SMARTS) is 1. The lowest BCUT2D eigenvalue weighted by atomic mass is 10.1. The molecule has 1 saturated heterocycles. The Morgan fingerprint density at radius 2 is 2.11 bits per heavy atom. The number of hydrogen-bond acceptors (Lipinski definition) is 2. The molecule has 1 N–H and O–H groups in total. The van der Waals surface area contributed by atoms with Gasteiger partial charge in [-0.15, -0.1) is 11.5 Å². The van der Waals surface area contributed by atoms with Gasteiger partial charge in [0.2, 0.25) is 0 Å². The summed E-state index contributed by atoms with van der Waals surface area (Å²) in [5.74, 6) is 3.22. The Bertz CT molecular complexity index is 390. The van der Waals surface area contributed by atoms with Crippen LogP contribution in [-0.4, -0.2) is 42.5 Å². The zero-order valence-corrected chi connectivity index (χ0v) is 13.6. The topological polar surface area (TPSA) is 49.8 Å². The highest BCUT2D eigenvalue weighted by molar-refractivity contribution is 6.83. The summed E-state index contributed by atoms with van der Waals surface area (Å²) in [5.41, 5.74) is 2.62. The monoisotopic (exact) mass is 283 g/mol. The van der Waals surface area contributed by atoms with Gasteiger partial charge in [0.15, 0.2) is 0 Å². The number of nitrogens with zero attached hydrogens (tertiary/aromatic N) is 1. The summed E-state index contributed by atoms with van der Waals surface area (Å²) >= 11 is 0. The maximum Gasteiger partial charge on any atom is 0.409 e. The Morgan fingerprint density at radius 1 is 1.47 bits per heavy atom. The molecule has 0 spiro atoms. The quantitative estimate of drug-likeness (QED) is 0.492. The van der Waals surface area contributed by atoms with Crippen molar-refractivity contribution in [2.75, 3.05) is 6.61 Å². The van der Waals surface area contributed by atoms with E-state index in [1.54, 1.807) is 13.8 Å². The molecule has 4 nitrogen and oxygen atoms in total. The third-order valence-corrected chi connectivity index (χ3v) is 4.01. The van der Waals surface area contributed by atoms with E-state index in [2.05, 4.69) is 31.1 Å². The summed E-state index contributed by atoms with van der Waals surface area (Å²) < 4.78 is 5.55. The van der Waals surface area contributed by atoms with Gasteiger partial charge in [-0.05, 0) is 26.7 Å². The second-order valence-electron chi connectivity index (χ2n) is 6.51. The lowest BCUT2D eigenvalue weighted by molar-refractivity contribution is -0.0421. The van der Waals surface area contributed by atoms with Crippen LogP contribution < -0.4 is 0 Å². The molecule has 108 valence electrons. The van der Waals surface area contributed by atoms with Crippen molar-refractivity contribution in [1.29, 1.82) is 0 Å². The second-order valence-corrected chi connectivity index (χ2v) is 11.3. The van der Waals surface area contributed by atoms with E-state index in [-0.39, 0.29) is 6.04 Å². The van der Waals surface area contributed by atoms with Crippen LogP contribution in [0.1, 0.15) is 33.1 Å². The van der Waals surface area contributed by atoms with E-state index in [9.17, 15) is 9.90 Å². The van der Waals surface area contributed by atoms with Crippen LogP contribution in [0.15, 0.2) is 0 Å². The van der Waals surface area contributed by atoms with Crippen molar-refractivity contribution in [3.05, 3.63) is 0 Å². The zero-order chi connectivity index (χ0) is 14.7. The first-order valence-electron chi connectivity index (χ1n) is 6.80. The van der Waals surface area contributed by atoms with E-state index in [4.69, 9.17) is 4.74 Å². The molecule has 0 unspecified atom stereocenters. The lowest BCUT2D eigenvalue weighted by Gasteiger charge is -2.30. The molecule has 0 aromatic heterocycles. The maximum atomic E-state index is 11.3. The predicted molar refractivity (Wildman–Crippen MR) is 78.7 cm³/mol. The van der Waals surface area contributed by atoms with Gasteiger partial charge in [-0.25, -0.2) is 4.79 Å². The Morgan fingerprint density at radius 3 is 2.63 bits per heavy atom. The van der Waals surface area contributed by atoms with Crippen molar-refractivity contribution in [3.8, 4) is 11.5 Å². The van der Waals surface area contributed by atoms with Gasteiger partial charge in [0.25, 0.3) is 0 Å². The Balaban J connectivity index is 2.45. The minimum atomic E-state index is -1.28. The minimum Gasteiger partial charge on any atom is -0.465 e. The van der Waals surface area contributed by atoms with Gasteiger partial charge in [0.05, 0.1) is 12.6 Å². The SMILES string of the molecule is CC1(C)OC[C@H](CCCC#C[Si](C)(C)C)N1C(=O)O. The van der Waals surface area contributed by atoms with Crippen LogP contribution in [0.25, 0.3) is 0 Å². The molecule has 0 aromatic carbocycles. The largest absolute Gasteiger partial charge is 0.465 e. The first kappa shape index (κ1) is 16.1. The fourth-order valence-electron chi connectivity index (χ4n) is 2.24. The summed E-state index contributed by atoms with van der Waals surface area (Å²) in [5, 5.41) is 9.25. The second kappa shape index (κ2) is 5.97. The number of rotatable bonds is 3. The standard InChI is InChI=1S/C14H25NO3Si/c1-14(2)15(13(16)17)12(11-18-14)9-7-6-8-10-19(3,4)5/h12H,6-7,9,11H2,1-5H3,(H,16,17)/t12-/m0/s1. The third-order valence-electron chi connectivity index (χ3n) is 3.08. The fraction of sp³-hybridized carbons (Fsp3) is 0.786. The highest BCUT2D eigenvalue weighted by atomic mass is 28.3. The summed E-state index contributed by atoms with van der Waals surface area (Å²) in [6.45, 7) is 10.7. The highest BCUT2D eigenvalue weighted by Gasteiger charge is 2.43. The minimum absolute atomic E-state index is 0.0406. The van der Waals surface area contributed by atoms with Gasteiger partial charge in [0.1, 0.15) is 13.8 Å². The van der Waals surface area contributed by atoms with Gasteiger partial charge in [0, 0.05) is 6.42 Å². The van der Waals surface area contributed by atoms with Crippen molar-refractivity contribution < 1.29 is 14.6 Å². The van der Waals surface area contributed by atoms with Crippen LogP contribution in [-0.2, 0) is 4.74 Å². The third kappa shape index (κ3) is 4.88. The van der Waals surface area contributed by atoms with Crippen LogP contribution in [0.5, 0.6) is 0 Å². The molecule has 1 aliphatic rings. The summed E-state index contributed by atoms with van der Waals surface area (Å²) in [4.78, 5) is 12.7. The molecule has 5 heteroatoms. The first-order chi connectivity index (χ1) is 8.63. The van der Waals surface area contributed by atoms with Crippen LogP contribution in [0.2, 0.25) is 19.6 Å². The van der Waals surface area contributed by atoms with Crippen LogP contribution in [0.4, 0.5) is 4.79 Å². The Hall–Kier alpha value is -0.993. The molecule has 0 aromatic rings. The highest BCUT2D eigenvalue weighted by Crippen LogP contribution is 2.29. The normalized spacial score (nSPS) is 21.9. The van der Waals surface area contributed by atoms with Crippen molar-refractivity contribution in [2.24, 2.45) is 0 Å². The van der Waals surface area contributed by atoms with E-state index in [1.807, 2.05) is 0 Å². The van der Waals surface area contributed by atoms with Crippen LogP contribution in [0, 0.1) is 11.5 Å². The molecule has 1 aliphatic heterocycles. The van der Waals surface area contributed by atoms with Crippen molar-refractivity contribution in [3.63, 3.8) is 0 Å². The number of unbranched alkanes of at least 4 members (excludes halogenated alkanes) is 1. The number of ether oxygens (including phenoxy) is 1. The van der Waals surface area contributed by atoms with Gasteiger partial charge in [-0.2, -0.15) is 0 Å². The van der Waals surface area contributed by atoms with Gasteiger partial charge < -0.3 is 9.84 Å². The summed E-state index contributed by atoms with van der Waals surface area (Å²) in [6.07, 6.45) is 1.68. The molecule has 0 saturated carbocycles. The van der Waals surface area contributed by atoms with E-state index in [1.165, 1.54) is 4.90 Å². The summed E-state index contributed by atoms with van der Waals surface area (Å²) in [7, 11) is -1.28. The number of carbonyl (C=O) groups is 1. The van der Waals surface area contributed by atoms with Crippen LogP contribution >= 0.6 is 0 Å². The average molecular weight is 283 g/mol. The van der Waals surface area contributed by atoms with E-state index >= 15 is 0 Å².